The molecule has 1 N–H and O–H groups in total. The average Bonchev–Trinajstić information content (AvgIpc) is 2.99. The molecule has 1 amide bonds. The first kappa shape index (κ1) is 14.3. The third kappa shape index (κ3) is 3.68. The number of hydrogen-bond acceptors (Lipinski definition) is 4. The van der Waals surface area contributed by atoms with Crippen LogP contribution >= 0.6 is 11.3 Å². The summed E-state index contributed by atoms with van der Waals surface area (Å²) in [5.41, 5.74) is 1.52. The van der Waals surface area contributed by atoms with Crippen LogP contribution in [0.3, 0.4) is 0 Å². The fourth-order valence-corrected chi connectivity index (χ4v) is 2.49. The van der Waals surface area contributed by atoms with Crippen molar-refractivity contribution in [2.24, 2.45) is 0 Å². The third-order valence-electron chi connectivity index (χ3n) is 2.85. The van der Waals surface area contributed by atoms with E-state index in [0.29, 0.717) is 12.0 Å². The molecule has 4 nitrogen and oxygen atoms in total. The Labute approximate surface area is 121 Å². The minimum atomic E-state index is -0.678. The largest absolute Gasteiger partial charge is 0.467 e. The lowest BCUT2D eigenvalue weighted by Gasteiger charge is -2.16. The highest BCUT2D eigenvalue weighted by Crippen LogP contribution is 2.10. The molecule has 1 aromatic heterocycles. The van der Waals surface area contributed by atoms with Crippen molar-refractivity contribution in [3.05, 3.63) is 58.3 Å². The van der Waals surface area contributed by atoms with E-state index < -0.39 is 12.0 Å². The molecule has 0 spiro atoms. The molecule has 104 valence electrons. The molecule has 1 atom stereocenters. The van der Waals surface area contributed by atoms with Gasteiger partial charge < -0.3 is 10.1 Å². The molecule has 2 rings (SSSR count). The minimum Gasteiger partial charge on any atom is -0.467 e. The molecule has 0 saturated heterocycles. The lowest BCUT2D eigenvalue weighted by atomic mass is 10.1. The standard InChI is InChI=1S/C15H15NO3S/c1-19-15(18)13(9-11-7-8-20-10-11)16-14(17)12-5-3-2-4-6-12/h2-8,10,13H,9H2,1H3,(H,16,17)/t13-/m1/s1. The predicted molar refractivity (Wildman–Crippen MR) is 77.7 cm³/mol. The molecule has 0 saturated carbocycles. The first-order valence-electron chi connectivity index (χ1n) is 6.15. The monoisotopic (exact) mass is 289 g/mol. The van der Waals surface area contributed by atoms with Gasteiger partial charge in [0.1, 0.15) is 6.04 Å². The molecule has 2 aromatic rings. The second-order valence-electron chi connectivity index (χ2n) is 4.25. The molecule has 0 fully saturated rings. The van der Waals surface area contributed by atoms with Crippen LogP contribution in [0, 0.1) is 0 Å². The first-order chi connectivity index (χ1) is 9.70. The van der Waals surface area contributed by atoms with E-state index in [2.05, 4.69) is 5.32 Å². The van der Waals surface area contributed by atoms with Gasteiger partial charge in [0.25, 0.3) is 5.91 Å². The number of carbonyl (C=O) groups excluding carboxylic acids is 2. The average molecular weight is 289 g/mol. The Bertz CT molecular complexity index is 566. The highest BCUT2D eigenvalue weighted by molar-refractivity contribution is 7.07. The van der Waals surface area contributed by atoms with Crippen LogP contribution < -0.4 is 5.32 Å². The fourth-order valence-electron chi connectivity index (χ4n) is 1.81. The van der Waals surface area contributed by atoms with E-state index in [4.69, 9.17) is 4.74 Å². The van der Waals surface area contributed by atoms with Crippen LogP contribution in [0.4, 0.5) is 0 Å². The quantitative estimate of drug-likeness (QED) is 0.859. The molecular formula is C15H15NO3S. The Morgan fingerprint density at radius 2 is 2.00 bits per heavy atom. The summed E-state index contributed by atoms with van der Waals surface area (Å²) in [5.74, 6) is -0.725. The molecule has 0 radical (unpaired) electrons. The number of hydrogen-bond donors (Lipinski definition) is 1. The Balaban J connectivity index is 2.08. The van der Waals surface area contributed by atoms with Crippen LogP contribution in [-0.4, -0.2) is 25.0 Å². The first-order valence-corrected chi connectivity index (χ1v) is 7.10. The molecule has 0 unspecified atom stereocenters. The second-order valence-corrected chi connectivity index (χ2v) is 5.03. The van der Waals surface area contributed by atoms with E-state index in [0.717, 1.165) is 5.56 Å². The Morgan fingerprint density at radius 1 is 1.25 bits per heavy atom. The SMILES string of the molecule is COC(=O)[C@@H](Cc1ccsc1)NC(=O)c1ccccc1. The van der Waals surface area contributed by atoms with Gasteiger partial charge in [0.2, 0.25) is 0 Å². The molecule has 1 heterocycles. The van der Waals surface area contributed by atoms with E-state index >= 15 is 0 Å². The van der Waals surface area contributed by atoms with Crippen LogP contribution in [0.15, 0.2) is 47.2 Å². The van der Waals surface area contributed by atoms with Crippen LogP contribution in [0.1, 0.15) is 15.9 Å². The number of carbonyl (C=O) groups is 2. The van der Waals surface area contributed by atoms with Gasteiger partial charge in [-0.3, -0.25) is 4.79 Å². The van der Waals surface area contributed by atoms with Crippen LogP contribution in [-0.2, 0) is 16.0 Å². The minimum absolute atomic E-state index is 0.281. The Kier molecular flexibility index (Phi) is 4.90. The normalized spacial score (nSPS) is 11.7. The Morgan fingerprint density at radius 3 is 2.60 bits per heavy atom. The number of rotatable bonds is 5. The summed E-state index contributed by atoms with van der Waals surface area (Å²) in [6, 6.07) is 10.0. The summed E-state index contributed by atoms with van der Waals surface area (Å²) >= 11 is 1.55. The van der Waals surface area contributed by atoms with E-state index in [1.165, 1.54) is 7.11 Å². The molecule has 5 heteroatoms. The number of amides is 1. The molecule has 1 aromatic carbocycles. The number of ether oxygens (including phenoxy) is 1. The van der Waals surface area contributed by atoms with E-state index in [1.54, 1.807) is 35.6 Å². The zero-order valence-electron chi connectivity index (χ0n) is 11.0. The summed E-state index contributed by atoms with van der Waals surface area (Å²) in [7, 11) is 1.32. The van der Waals surface area contributed by atoms with Gasteiger partial charge in [0.05, 0.1) is 7.11 Å². The number of methoxy groups -OCH3 is 1. The number of thiophene rings is 1. The molecule has 0 aliphatic carbocycles. The smallest absolute Gasteiger partial charge is 0.328 e. The molecule has 0 aliphatic heterocycles. The van der Waals surface area contributed by atoms with Gasteiger partial charge in [-0.1, -0.05) is 18.2 Å². The van der Waals surface area contributed by atoms with Crippen molar-refractivity contribution < 1.29 is 14.3 Å². The zero-order valence-corrected chi connectivity index (χ0v) is 11.9. The number of nitrogens with one attached hydrogen (secondary N) is 1. The van der Waals surface area contributed by atoms with Gasteiger partial charge in [-0.15, -0.1) is 0 Å². The van der Waals surface area contributed by atoms with Gasteiger partial charge in [-0.2, -0.15) is 11.3 Å². The van der Waals surface area contributed by atoms with Crippen molar-refractivity contribution in [1.82, 2.24) is 5.32 Å². The van der Waals surface area contributed by atoms with E-state index in [1.807, 2.05) is 22.9 Å². The second kappa shape index (κ2) is 6.86. The van der Waals surface area contributed by atoms with Crippen LogP contribution in [0.25, 0.3) is 0 Å². The van der Waals surface area contributed by atoms with Crippen molar-refractivity contribution in [3.8, 4) is 0 Å². The van der Waals surface area contributed by atoms with Gasteiger partial charge in [0.15, 0.2) is 0 Å². The number of esters is 1. The summed E-state index contributed by atoms with van der Waals surface area (Å²) in [6.07, 6.45) is 0.425. The summed E-state index contributed by atoms with van der Waals surface area (Å²) in [5, 5.41) is 6.60. The van der Waals surface area contributed by atoms with Crippen molar-refractivity contribution in [2.75, 3.05) is 7.11 Å². The van der Waals surface area contributed by atoms with Gasteiger partial charge in [0, 0.05) is 12.0 Å². The van der Waals surface area contributed by atoms with Crippen molar-refractivity contribution in [1.29, 1.82) is 0 Å². The van der Waals surface area contributed by atoms with Crippen molar-refractivity contribution in [3.63, 3.8) is 0 Å². The van der Waals surface area contributed by atoms with Crippen molar-refractivity contribution in [2.45, 2.75) is 12.5 Å². The highest BCUT2D eigenvalue weighted by Gasteiger charge is 2.22. The molecule has 0 bridgehead atoms. The number of benzene rings is 1. The van der Waals surface area contributed by atoms with Gasteiger partial charge in [-0.05, 0) is 34.5 Å². The summed E-state index contributed by atoms with van der Waals surface area (Å²) in [6.45, 7) is 0. The summed E-state index contributed by atoms with van der Waals surface area (Å²) in [4.78, 5) is 23.9. The van der Waals surface area contributed by atoms with Gasteiger partial charge in [-0.25, -0.2) is 4.79 Å². The molecule has 0 aliphatic rings. The third-order valence-corrected chi connectivity index (χ3v) is 3.58. The van der Waals surface area contributed by atoms with Gasteiger partial charge >= 0.3 is 5.97 Å². The highest BCUT2D eigenvalue weighted by atomic mass is 32.1. The Hall–Kier alpha value is -2.14. The lowest BCUT2D eigenvalue weighted by Crippen LogP contribution is -2.43. The maximum atomic E-state index is 12.1. The van der Waals surface area contributed by atoms with Crippen LogP contribution in [0.5, 0.6) is 0 Å². The molecular weight excluding hydrogens is 274 g/mol. The van der Waals surface area contributed by atoms with E-state index in [9.17, 15) is 9.59 Å². The maximum Gasteiger partial charge on any atom is 0.328 e. The molecule has 20 heavy (non-hydrogen) atoms. The zero-order chi connectivity index (χ0) is 14.4. The summed E-state index contributed by atoms with van der Waals surface area (Å²) < 4.78 is 4.75. The maximum absolute atomic E-state index is 12.1. The van der Waals surface area contributed by atoms with E-state index in [-0.39, 0.29) is 5.91 Å². The van der Waals surface area contributed by atoms with Crippen LogP contribution in [0.2, 0.25) is 0 Å². The topological polar surface area (TPSA) is 55.4 Å². The fraction of sp³-hybridized carbons (Fsp3) is 0.200. The van der Waals surface area contributed by atoms with Crippen molar-refractivity contribution >= 4 is 23.2 Å². The lowest BCUT2D eigenvalue weighted by molar-refractivity contribution is -0.142. The predicted octanol–water partition coefficient (Wildman–Crippen LogP) is 2.26.